The lowest BCUT2D eigenvalue weighted by atomic mass is 10.0. The first kappa shape index (κ1) is 16.2. The molecule has 0 aromatic carbocycles. The van der Waals surface area contributed by atoms with E-state index in [1.54, 1.807) is 0 Å². The van der Waals surface area contributed by atoms with Gasteiger partial charge in [-0.3, -0.25) is 4.90 Å². The summed E-state index contributed by atoms with van der Waals surface area (Å²) in [7, 11) is 0. The van der Waals surface area contributed by atoms with Gasteiger partial charge in [0.1, 0.15) is 6.23 Å². The Labute approximate surface area is 124 Å². The zero-order chi connectivity index (χ0) is 14.6. The molecule has 0 aliphatic carbocycles. The number of nitrogens with zero attached hydrogens (tertiary/aromatic N) is 2. The molecule has 0 aromatic rings. The highest BCUT2D eigenvalue weighted by molar-refractivity contribution is 4.84. The molecule has 4 nitrogen and oxygen atoms in total. The highest BCUT2D eigenvalue weighted by Gasteiger charge is 2.31. The van der Waals surface area contributed by atoms with Crippen molar-refractivity contribution < 1.29 is 9.84 Å². The molecule has 4 heteroatoms. The SMILES string of the molecule is CC(C)(C)OCCCN1CCC(N2CCC[C@@H]2O)CC1. The summed E-state index contributed by atoms with van der Waals surface area (Å²) in [5, 5.41) is 9.95. The van der Waals surface area contributed by atoms with Crippen molar-refractivity contribution in [3.05, 3.63) is 0 Å². The van der Waals surface area contributed by atoms with Crippen LogP contribution in [-0.4, -0.2) is 65.6 Å². The van der Waals surface area contributed by atoms with E-state index in [4.69, 9.17) is 4.74 Å². The van der Waals surface area contributed by atoms with Crippen molar-refractivity contribution in [3.8, 4) is 0 Å². The Hall–Kier alpha value is -0.160. The molecule has 1 atom stereocenters. The smallest absolute Gasteiger partial charge is 0.107 e. The van der Waals surface area contributed by atoms with Crippen LogP contribution < -0.4 is 0 Å². The molecule has 2 saturated heterocycles. The summed E-state index contributed by atoms with van der Waals surface area (Å²) in [5.41, 5.74) is -0.0150. The quantitative estimate of drug-likeness (QED) is 0.784. The molecular formula is C16H32N2O2. The summed E-state index contributed by atoms with van der Waals surface area (Å²) >= 11 is 0. The Morgan fingerprint density at radius 1 is 1.10 bits per heavy atom. The molecule has 0 unspecified atom stereocenters. The van der Waals surface area contributed by atoms with Gasteiger partial charge >= 0.3 is 0 Å². The average Bonchev–Trinajstić information content (AvgIpc) is 2.81. The fourth-order valence-corrected chi connectivity index (χ4v) is 3.34. The Kier molecular flexibility index (Phi) is 5.84. The lowest BCUT2D eigenvalue weighted by molar-refractivity contribution is -0.0181. The fraction of sp³-hybridized carbons (Fsp3) is 1.00. The Morgan fingerprint density at radius 3 is 2.35 bits per heavy atom. The van der Waals surface area contributed by atoms with Crippen molar-refractivity contribution in [2.45, 2.75) is 70.7 Å². The molecule has 0 spiro atoms. The van der Waals surface area contributed by atoms with Crippen LogP contribution in [0.2, 0.25) is 0 Å². The maximum atomic E-state index is 9.95. The van der Waals surface area contributed by atoms with Crippen LogP contribution in [0.25, 0.3) is 0 Å². The Bertz CT molecular complexity index is 283. The van der Waals surface area contributed by atoms with Crippen molar-refractivity contribution >= 4 is 0 Å². The monoisotopic (exact) mass is 284 g/mol. The predicted molar refractivity (Wildman–Crippen MR) is 81.7 cm³/mol. The van der Waals surface area contributed by atoms with Gasteiger partial charge in [0.15, 0.2) is 0 Å². The second kappa shape index (κ2) is 7.21. The van der Waals surface area contributed by atoms with Crippen molar-refractivity contribution in [3.63, 3.8) is 0 Å². The maximum absolute atomic E-state index is 9.95. The maximum Gasteiger partial charge on any atom is 0.107 e. The van der Waals surface area contributed by atoms with Gasteiger partial charge in [0.2, 0.25) is 0 Å². The van der Waals surface area contributed by atoms with Gasteiger partial charge in [-0.1, -0.05) is 0 Å². The summed E-state index contributed by atoms with van der Waals surface area (Å²) in [5.74, 6) is 0. The van der Waals surface area contributed by atoms with E-state index >= 15 is 0 Å². The topological polar surface area (TPSA) is 35.9 Å². The normalized spacial score (nSPS) is 27.3. The minimum Gasteiger partial charge on any atom is -0.378 e. The van der Waals surface area contributed by atoms with Crippen LogP contribution in [0.3, 0.4) is 0 Å². The number of aliphatic hydroxyl groups excluding tert-OH is 1. The van der Waals surface area contributed by atoms with E-state index in [9.17, 15) is 5.11 Å². The van der Waals surface area contributed by atoms with E-state index in [0.29, 0.717) is 6.04 Å². The molecular weight excluding hydrogens is 252 g/mol. The second-order valence-electron chi connectivity index (χ2n) is 7.25. The molecule has 2 rings (SSSR count). The zero-order valence-electron chi connectivity index (χ0n) is 13.5. The third kappa shape index (κ3) is 4.99. The number of ether oxygens (including phenoxy) is 1. The van der Waals surface area contributed by atoms with E-state index in [2.05, 4.69) is 30.6 Å². The third-order valence-corrected chi connectivity index (χ3v) is 4.44. The van der Waals surface area contributed by atoms with Crippen LogP contribution in [0.4, 0.5) is 0 Å². The van der Waals surface area contributed by atoms with Crippen LogP contribution in [0, 0.1) is 0 Å². The van der Waals surface area contributed by atoms with Gasteiger partial charge in [-0.05, 0) is 66.0 Å². The molecule has 1 N–H and O–H groups in total. The molecule has 2 aliphatic rings. The summed E-state index contributed by atoms with van der Waals surface area (Å²) in [6.07, 6.45) is 5.48. The van der Waals surface area contributed by atoms with Crippen molar-refractivity contribution in [2.75, 3.05) is 32.8 Å². The van der Waals surface area contributed by atoms with Gasteiger partial charge in [0.05, 0.1) is 5.60 Å². The van der Waals surface area contributed by atoms with E-state index in [0.717, 1.165) is 39.0 Å². The number of aliphatic hydroxyl groups is 1. The van der Waals surface area contributed by atoms with E-state index < -0.39 is 0 Å². The lowest BCUT2D eigenvalue weighted by Crippen LogP contribution is -2.47. The van der Waals surface area contributed by atoms with E-state index in [1.807, 2.05) is 0 Å². The van der Waals surface area contributed by atoms with Gasteiger partial charge in [0, 0.05) is 25.7 Å². The molecule has 2 fully saturated rings. The molecule has 0 radical (unpaired) electrons. The number of likely N-dealkylation sites (tertiary alicyclic amines) is 2. The standard InChI is InChI=1S/C16H32N2O2/c1-16(2,3)20-13-5-9-17-11-7-14(8-12-17)18-10-4-6-15(18)19/h14-15,19H,4-13H2,1-3H3/t15-/m0/s1. The first-order valence-corrected chi connectivity index (χ1v) is 8.26. The molecule has 0 aromatic heterocycles. The molecule has 0 amide bonds. The highest BCUT2D eigenvalue weighted by Crippen LogP contribution is 2.24. The minimum absolute atomic E-state index is 0.0150. The van der Waals surface area contributed by atoms with Gasteiger partial charge in [-0.2, -0.15) is 0 Å². The van der Waals surface area contributed by atoms with Crippen molar-refractivity contribution in [1.29, 1.82) is 0 Å². The summed E-state index contributed by atoms with van der Waals surface area (Å²) in [4.78, 5) is 4.87. The minimum atomic E-state index is -0.174. The summed E-state index contributed by atoms with van der Waals surface area (Å²) in [6, 6.07) is 0.606. The molecule has 0 bridgehead atoms. The first-order valence-electron chi connectivity index (χ1n) is 8.26. The van der Waals surface area contributed by atoms with E-state index in [1.165, 1.54) is 25.9 Å². The first-order chi connectivity index (χ1) is 9.46. The Morgan fingerprint density at radius 2 is 1.80 bits per heavy atom. The number of hydrogen-bond acceptors (Lipinski definition) is 4. The van der Waals surface area contributed by atoms with Gasteiger partial charge in [-0.15, -0.1) is 0 Å². The largest absolute Gasteiger partial charge is 0.378 e. The van der Waals surface area contributed by atoms with Crippen molar-refractivity contribution in [1.82, 2.24) is 9.80 Å². The number of piperidine rings is 1. The summed E-state index contributed by atoms with van der Waals surface area (Å²) in [6.45, 7) is 11.8. The summed E-state index contributed by atoms with van der Waals surface area (Å²) < 4.78 is 5.77. The molecule has 20 heavy (non-hydrogen) atoms. The molecule has 118 valence electrons. The lowest BCUT2D eigenvalue weighted by Gasteiger charge is -2.38. The second-order valence-corrected chi connectivity index (χ2v) is 7.25. The van der Waals surface area contributed by atoms with Crippen LogP contribution in [0.15, 0.2) is 0 Å². The van der Waals surface area contributed by atoms with Crippen LogP contribution >= 0.6 is 0 Å². The van der Waals surface area contributed by atoms with E-state index in [-0.39, 0.29) is 11.8 Å². The van der Waals surface area contributed by atoms with Crippen molar-refractivity contribution in [2.24, 2.45) is 0 Å². The number of hydrogen-bond donors (Lipinski definition) is 1. The molecule has 2 aliphatic heterocycles. The highest BCUT2D eigenvalue weighted by atomic mass is 16.5. The van der Waals surface area contributed by atoms with Crippen LogP contribution in [-0.2, 0) is 4.74 Å². The van der Waals surface area contributed by atoms with Crippen LogP contribution in [0.5, 0.6) is 0 Å². The third-order valence-electron chi connectivity index (χ3n) is 4.44. The molecule has 0 saturated carbocycles. The predicted octanol–water partition coefficient (Wildman–Crippen LogP) is 2.07. The average molecular weight is 284 g/mol. The van der Waals surface area contributed by atoms with Gasteiger partial charge in [-0.25, -0.2) is 0 Å². The Balaban J connectivity index is 1.60. The van der Waals surface area contributed by atoms with Gasteiger partial charge < -0.3 is 14.7 Å². The number of rotatable bonds is 5. The van der Waals surface area contributed by atoms with Gasteiger partial charge in [0.25, 0.3) is 0 Å². The zero-order valence-corrected chi connectivity index (χ0v) is 13.5. The molecule has 2 heterocycles. The van der Waals surface area contributed by atoms with Crippen LogP contribution in [0.1, 0.15) is 52.9 Å². The fourth-order valence-electron chi connectivity index (χ4n) is 3.34.